The van der Waals surface area contributed by atoms with Crippen molar-refractivity contribution in [2.75, 3.05) is 17.4 Å². The van der Waals surface area contributed by atoms with Crippen molar-refractivity contribution in [3.63, 3.8) is 0 Å². The lowest BCUT2D eigenvalue weighted by Gasteiger charge is -2.47. The molecule has 0 spiro atoms. The third-order valence-electron chi connectivity index (χ3n) is 4.73. The number of pyridine rings is 1. The molecule has 16 heteroatoms. The molecule has 2 atom stereocenters. The predicted octanol–water partition coefficient (Wildman–Crippen LogP) is 0.221. The van der Waals surface area contributed by atoms with Gasteiger partial charge in [0.15, 0.2) is 18.9 Å². The largest absolute Gasteiger partial charge is 0.429 e. The van der Waals surface area contributed by atoms with Gasteiger partial charge in [-0.15, -0.1) is 11.8 Å². The molecule has 0 bridgehead atoms. The molecular weight excluding hydrogens is 517 g/mol. The van der Waals surface area contributed by atoms with Gasteiger partial charge in [-0.25, -0.2) is 9.13 Å². The monoisotopic (exact) mass is 538 g/mol. The number of anilines is 1. The Labute approximate surface area is 208 Å². The van der Waals surface area contributed by atoms with Gasteiger partial charge in [0.2, 0.25) is 16.7 Å². The Bertz CT molecular complexity index is 1230. The van der Waals surface area contributed by atoms with E-state index in [1.165, 1.54) is 17.8 Å². The normalized spacial score (nSPS) is 19.8. The fraction of sp³-hybridized carbons (Fsp3) is 0.263. The Morgan fingerprint density at radius 2 is 2.17 bits per heavy atom. The molecule has 1 unspecified atom stereocenters. The number of β-lactam (4-membered cyclic amide) rings is 1. The van der Waals surface area contributed by atoms with Crippen molar-refractivity contribution in [3.05, 3.63) is 60.8 Å². The maximum atomic E-state index is 13.0. The van der Waals surface area contributed by atoms with Gasteiger partial charge in [-0.2, -0.15) is 9.36 Å². The third-order valence-corrected chi connectivity index (χ3v) is 7.40. The molecule has 184 valence electrons. The van der Waals surface area contributed by atoms with Crippen LogP contribution < -0.4 is 15.0 Å². The van der Waals surface area contributed by atoms with Crippen LogP contribution in [0.25, 0.3) is 0 Å². The highest BCUT2D eigenvalue weighted by molar-refractivity contribution is 8.00. The number of oxime groups is 1. The standard InChI is InChI=1S/C19H20N7O6PS2/c1-2-8-32-22-13(15-21-19(35-24-15)23-33(29,30)31)16(27)20-14-17(28)26-10-12(11-34-18(14)26)9-25-6-4-3-5-7-25/h2-7,10,14,18H,1,8-9,11H2,(H3-,20,21,23,24,27,29,30,31)/p+1/t14?,18-/m0/s1. The van der Waals surface area contributed by atoms with E-state index in [1.54, 1.807) is 4.90 Å². The number of nitrogens with one attached hydrogen (secondary N) is 2. The van der Waals surface area contributed by atoms with E-state index in [4.69, 9.17) is 14.6 Å². The molecule has 1 fully saturated rings. The number of carbonyl (C=O) groups is 2. The second-order valence-corrected chi connectivity index (χ2v) is 10.5. The zero-order valence-corrected chi connectivity index (χ0v) is 20.6. The fourth-order valence-electron chi connectivity index (χ4n) is 3.26. The first-order chi connectivity index (χ1) is 16.7. The van der Waals surface area contributed by atoms with E-state index in [0.717, 1.165) is 5.57 Å². The summed E-state index contributed by atoms with van der Waals surface area (Å²) in [5.74, 6) is -0.554. The van der Waals surface area contributed by atoms with Gasteiger partial charge < -0.3 is 24.8 Å². The summed E-state index contributed by atoms with van der Waals surface area (Å²) in [7, 11) is -4.61. The molecule has 2 aromatic heterocycles. The first-order valence-corrected chi connectivity index (χ1v) is 13.6. The summed E-state index contributed by atoms with van der Waals surface area (Å²) in [6.45, 7) is 4.15. The van der Waals surface area contributed by atoms with Crippen molar-refractivity contribution >= 4 is 53.7 Å². The first kappa shape index (κ1) is 25.0. The van der Waals surface area contributed by atoms with Crippen molar-refractivity contribution < 1.29 is 33.3 Å². The van der Waals surface area contributed by atoms with Crippen LogP contribution in [0, 0.1) is 0 Å². The molecule has 0 saturated carbocycles. The van der Waals surface area contributed by atoms with Crippen LogP contribution in [0.3, 0.4) is 0 Å². The quantitative estimate of drug-likeness (QED) is 0.0624. The topological polar surface area (TPSA) is 170 Å². The summed E-state index contributed by atoms with van der Waals surface area (Å²) in [5, 5.41) is 7.78. The van der Waals surface area contributed by atoms with Gasteiger partial charge in [-0.1, -0.05) is 23.9 Å². The third kappa shape index (κ3) is 6.13. The van der Waals surface area contributed by atoms with Crippen LogP contribution in [0.4, 0.5) is 5.13 Å². The number of nitrogens with zero attached hydrogens (tertiary/aromatic N) is 5. The van der Waals surface area contributed by atoms with Crippen LogP contribution in [0.5, 0.6) is 0 Å². The molecule has 2 amide bonds. The average Bonchev–Trinajstić information content (AvgIpc) is 3.27. The maximum absolute atomic E-state index is 13.0. The lowest BCUT2D eigenvalue weighted by molar-refractivity contribution is -0.689. The lowest BCUT2D eigenvalue weighted by Crippen LogP contribution is -2.69. The van der Waals surface area contributed by atoms with Crippen molar-refractivity contribution in [1.29, 1.82) is 0 Å². The van der Waals surface area contributed by atoms with Crippen LogP contribution in [0.2, 0.25) is 0 Å². The Morgan fingerprint density at radius 3 is 2.89 bits per heavy atom. The molecule has 4 rings (SSSR count). The molecular formula is C19H21N7O6PS2+. The molecule has 4 heterocycles. The summed E-state index contributed by atoms with van der Waals surface area (Å²) in [4.78, 5) is 54.3. The van der Waals surface area contributed by atoms with Crippen LogP contribution in [0.15, 0.2) is 60.2 Å². The Balaban J connectivity index is 1.44. The minimum Gasteiger partial charge on any atom is -0.391 e. The second-order valence-electron chi connectivity index (χ2n) is 7.34. The molecule has 2 aliphatic heterocycles. The minimum absolute atomic E-state index is 0.00385. The van der Waals surface area contributed by atoms with Gasteiger partial charge in [0.1, 0.15) is 18.0 Å². The van der Waals surface area contributed by atoms with Crippen molar-refractivity contribution in [1.82, 2.24) is 19.6 Å². The van der Waals surface area contributed by atoms with E-state index in [9.17, 15) is 14.2 Å². The number of hydrogen-bond acceptors (Lipinski definition) is 9. The van der Waals surface area contributed by atoms with Gasteiger partial charge >= 0.3 is 7.75 Å². The molecule has 35 heavy (non-hydrogen) atoms. The first-order valence-electron chi connectivity index (χ1n) is 10.1. The number of fused-ring (bicyclic) bond motifs is 1. The van der Waals surface area contributed by atoms with E-state index in [-0.39, 0.29) is 34.6 Å². The summed E-state index contributed by atoms with van der Waals surface area (Å²) >= 11 is 2.16. The van der Waals surface area contributed by atoms with Crippen LogP contribution in [-0.4, -0.2) is 65.3 Å². The maximum Gasteiger partial charge on any atom is 0.429 e. The average molecular weight is 539 g/mol. The summed E-state index contributed by atoms with van der Waals surface area (Å²) in [5.41, 5.74) is 0.725. The molecule has 1 saturated heterocycles. The summed E-state index contributed by atoms with van der Waals surface area (Å²) in [6.07, 6.45) is 7.12. The molecule has 2 aliphatic rings. The Hall–Kier alpha value is -3.10. The highest BCUT2D eigenvalue weighted by Crippen LogP contribution is 2.37. The zero-order valence-electron chi connectivity index (χ0n) is 18.1. The zero-order chi connectivity index (χ0) is 25.0. The van der Waals surface area contributed by atoms with E-state index >= 15 is 0 Å². The number of carbonyl (C=O) groups excluding carboxylic acids is 2. The van der Waals surface area contributed by atoms with Gasteiger partial charge in [0.05, 0.1) is 0 Å². The smallest absolute Gasteiger partial charge is 0.391 e. The molecule has 0 aliphatic carbocycles. The molecule has 4 N–H and O–H groups in total. The Kier molecular flexibility index (Phi) is 7.62. The number of hydrogen-bond donors (Lipinski definition) is 4. The molecule has 13 nitrogen and oxygen atoms in total. The summed E-state index contributed by atoms with van der Waals surface area (Å²) in [6, 6.07) is 5.00. The highest BCUT2D eigenvalue weighted by Gasteiger charge is 2.50. The van der Waals surface area contributed by atoms with Gasteiger partial charge in [0, 0.05) is 41.2 Å². The summed E-state index contributed by atoms with van der Waals surface area (Å²) < 4.78 is 17.1. The molecule has 2 aromatic rings. The minimum atomic E-state index is -4.61. The van der Waals surface area contributed by atoms with Gasteiger partial charge in [-0.3, -0.25) is 14.7 Å². The second kappa shape index (κ2) is 10.7. The number of amides is 2. The molecule has 0 radical (unpaired) electrons. The van der Waals surface area contributed by atoms with E-state index < -0.39 is 19.7 Å². The van der Waals surface area contributed by atoms with Crippen molar-refractivity contribution in [3.8, 4) is 0 Å². The van der Waals surface area contributed by atoms with E-state index in [2.05, 4.69) is 26.4 Å². The van der Waals surface area contributed by atoms with E-state index in [1.807, 2.05) is 46.4 Å². The van der Waals surface area contributed by atoms with Crippen molar-refractivity contribution in [2.24, 2.45) is 5.16 Å². The predicted molar refractivity (Wildman–Crippen MR) is 128 cm³/mol. The van der Waals surface area contributed by atoms with Crippen LogP contribution in [0.1, 0.15) is 5.82 Å². The number of thioether (sulfide) groups is 1. The fourth-order valence-corrected chi connectivity index (χ4v) is 5.76. The van der Waals surface area contributed by atoms with Crippen LogP contribution in [-0.2, 0) is 25.5 Å². The number of aromatic nitrogens is 3. The Morgan fingerprint density at radius 1 is 1.40 bits per heavy atom. The van der Waals surface area contributed by atoms with E-state index in [0.29, 0.717) is 23.8 Å². The highest BCUT2D eigenvalue weighted by atomic mass is 32.2. The van der Waals surface area contributed by atoms with Crippen LogP contribution >= 0.6 is 31.0 Å². The lowest BCUT2D eigenvalue weighted by atomic mass is 10.1. The SMILES string of the molecule is C=CCON=C(C(=O)NC1C(=O)N2C=C(C[n+]3ccccc3)CS[C@@H]12)c1nsc(NP(=O)(O)O)n1. The van der Waals surface area contributed by atoms with Gasteiger partial charge in [0.25, 0.3) is 11.8 Å². The van der Waals surface area contributed by atoms with Gasteiger partial charge in [-0.05, 0) is 0 Å². The molecule has 0 aromatic carbocycles. The number of rotatable bonds is 10. The van der Waals surface area contributed by atoms with Crippen molar-refractivity contribution in [2.45, 2.75) is 18.0 Å².